The Morgan fingerprint density at radius 2 is 2.00 bits per heavy atom. The lowest BCUT2D eigenvalue weighted by Gasteiger charge is -2.10. The largest absolute Gasteiger partial charge is 0.269 e. The van der Waals surface area contributed by atoms with Crippen molar-refractivity contribution in [3.8, 4) is 0 Å². The van der Waals surface area contributed by atoms with Gasteiger partial charge in [-0.2, -0.15) is 17.7 Å². The molecule has 0 saturated carbocycles. The molecule has 92 valence electrons. The highest BCUT2D eigenvalue weighted by atomic mass is 32.1. The fourth-order valence-electron chi connectivity index (χ4n) is 2.17. The quantitative estimate of drug-likeness (QED) is 0.754. The molecule has 0 saturated heterocycles. The molecular weight excluding hydrogens is 216 g/mol. The van der Waals surface area contributed by atoms with Gasteiger partial charge in [-0.3, -0.25) is 4.68 Å². The van der Waals surface area contributed by atoms with Gasteiger partial charge in [-0.05, 0) is 50.3 Å². The second-order valence-electron chi connectivity index (χ2n) is 4.63. The molecule has 1 rings (SSSR count). The Morgan fingerprint density at radius 3 is 2.50 bits per heavy atom. The van der Waals surface area contributed by atoms with E-state index in [1.165, 1.54) is 29.8 Å². The molecule has 1 unspecified atom stereocenters. The van der Waals surface area contributed by atoms with E-state index in [0.29, 0.717) is 0 Å². The summed E-state index contributed by atoms with van der Waals surface area (Å²) in [7, 11) is 0. The third-order valence-electron chi connectivity index (χ3n) is 3.34. The van der Waals surface area contributed by atoms with Crippen LogP contribution >= 0.6 is 12.6 Å². The van der Waals surface area contributed by atoms with Crippen molar-refractivity contribution >= 4 is 12.6 Å². The summed E-state index contributed by atoms with van der Waals surface area (Å²) in [6.07, 6.45) is 3.48. The summed E-state index contributed by atoms with van der Waals surface area (Å²) in [5.41, 5.74) is 3.96. The zero-order valence-electron chi connectivity index (χ0n) is 11.0. The Hall–Kier alpha value is -0.440. The molecule has 2 nitrogen and oxygen atoms in total. The molecule has 0 spiro atoms. The predicted molar refractivity (Wildman–Crippen MR) is 73.3 cm³/mol. The number of hydrogen-bond donors (Lipinski definition) is 1. The van der Waals surface area contributed by atoms with E-state index in [9.17, 15) is 0 Å². The van der Waals surface area contributed by atoms with Gasteiger partial charge >= 0.3 is 0 Å². The molecule has 1 heterocycles. The van der Waals surface area contributed by atoms with E-state index < -0.39 is 0 Å². The molecule has 0 aliphatic rings. The van der Waals surface area contributed by atoms with E-state index in [0.717, 1.165) is 24.6 Å². The van der Waals surface area contributed by atoms with Crippen molar-refractivity contribution in [1.82, 2.24) is 9.78 Å². The SMILES string of the molecule is CCc1c(C)nn(CCC(C)CCS)c1C. The van der Waals surface area contributed by atoms with Gasteiger partial charge in [0.25, 0.3) is 0 Å². The maximum atomic E-state index is 4.61. The first-order valence-electron chi connectivity index (χ1n) is 6.23. The van der Waals surface area contributed by atoms with Crippen LogP contribution in [0.2, 0.25) is 0 Å². The van der Waals surface area contributed by atoms with E-state index >= 15 is 0 Å². The Labute approximate surface area is 105 Å². The number of nitrogens with zero attached hydrogens (tertiary/aromatic N) is 2. The first-order chi connectivity index (χ1) is 7.60. The van der Waals surface area contributed by atoms with E-state index in [1.807, 2.05) is 0 Å². The lowest BCUT2D eigenvalue weighted by atomic mass is 10.1. The zero-order chi connectivity index (χ0) is 12.1. The summed E-state index contributed by atoms with van der Waals surface area (Å²) < 4.78 is 2.17. The molecule has 1 atom stereocenters. The highest BCUT2D eigenvalue weighted by molar-refractivity contribution is 7.80. The normalized spacial score (nSPS) is 13.1. The van der Waals surface area contributed by atoms with Crippen molar-refractivity contribution in [2.24, 2.45) is 5.92 Å². The van der Waals surface area contributed by atoms with Crippen molar-refractivity contribution in [1.29, 1.82) is 0 Å². The van der Waals surface area contributed by atoms with Crippen LogP contribution in [0.4, 0.5) is 0 Å². The fourth-order valence-corrected chi connectivity index (χ4v) is 2.61. The third-order valence-corrected chi connectivity index (χ3v) is 3.60. The number of hydrogen-bond acceptors (Lipinski definition) is 2. The lowest BCUT2D eigenvalue weighted by molar-refractivity contribution is 0.445. The maximum Gasteiger partial charge on any atom is 0.0628 e. The first kappa shape index (κ1) is 13.6. The van der Waals surface area contributed by atoms with Crippen molar-refractivity contribution in [3.63, 3.8) is 0 Å². The van der Waals surface area contributed by atoms with Gasteiger partial charge < -0.3 is 0 Å². The van der Waals surface area contributed by atoms with Gasteiger partial charge in [0, 0.05) is 12.2 Å². The minimum absolute atomic E-state index is 0.742. The van der Waals surface area contributed by atoms with Crippen LogP contribution in [0.3, 0.4) is 0 Å². The average molecular weight is 240 g/mol. The summed E-state index contributed by atoms with van der Waals surface area (Å²) in [6.45, 7) is 9.83. The van der Waals surface area contributed by atoms with E-state index in [4.69, 9.17) is 0 Å². The van der Waals surface area contributed by atoms with Gasteiger partial charge in [0.15, 0.2) is 0 Å². The number of thiol groups is 1. The number of aromatic nitrogens is 2. The average Bonchev–Trinajstić information content (AvgIpc) is 2.51. The maximum absolute atomic E-state index is 4.61. The number of aryl methyl sites for hydroxylation is 2. The number of rotatable bonds is 6. The fraction of sp³-hybridized carbons (Fsp3) is 0.769. The van der Waals surface area contributed by atoms with Crippen LogP contribution in [0.25, 0.3) is 0 Å². The van der Waals surface area contributed by atoms with Crippen LogP contribution in [0.1, 0.15) is 43.6 Å². The van der Waals surface area contributed by atoms with E-state index in [-0.39, 0.29) is 0 Å². The van der Waals surface area contributed by atoms with Crippen molar-refractivity contribution in [2.45, 2.75) is 53.5 Å². The minimum Gasteiger partial charge on any atom is -0.269 e. The van der Waals surface area contributed by atoms with E-state index in [2.05, 4.69) is 50.1 Å². The molecule has 1 aromatic rings. The van der Waals surface area contributed by atoms with Crippen LogP contribution in [0, 0.1) is 19.8 Å². The van der Waals surface area contributed by atoms with Crippen LogP contribution < -0.4 is 0 Å². The van der Waals surface area contributed by atoms with E-state index in [1.54, 1.807) is 0 Å². The summed E-state index contributed by atoms with van der Waals surface area (Å²) in [6, 6.07) is 0. The molecule has 0 aliphatic carbocycles. The van der Waals surface area contributed by atoms with Crippen LogP contribution in [-0.2, 0) is 13.0 Å². The third kappa shape index (κ3) is 3.27. The molecule has 0 fully saturated rings. The van der Waals surface area contributed by atoms with Gasteiger partial charge in [0.1, 0.15) is 0 Å². The monoisotopic (exact) mass is 240 g/mol. The summed E-state index contributed by atoms with van der Waals surface area (Å²) in [4.78, 5) is 0. The first-order valence-corrected chi connectivity index (χ1v) is 6.87. The molecule has 0 bridgehead atoms. The Morgan fingerprint density at radius 1 is 1.31 bits per heavy atom. The molecule has 3 heteroatoms. The van der Waals surface area contributed by atoms with Crippen molar-refractivity contribution < 1.29 is 0 Å². The highest BCUT2D eigenvalue weighted by Gasteiger charge is 2.10. The molecule has 0 aliphatic heterocycles. The van der Waals surface area contributed by atoms with Gasteiger partial charge in [0.2, 0.25) is 0 Å². The summed E-state index contributed by atoms with van der Waals surface area (Å²) >= 11 is 4.27. The second kappa shape index (κ2) is 6.33. The lowest BCUT2D eigenvalue weighted by Crippen LogP contribution is -2.07. The minimum atomic E-state index is 0.742. The molecule has 0 aromatic carbocycles. The van der Waals surface area contributed by atoms with Gasteiger partial charge in [0.05, 0.1) is 5.69 Å². The Kier molecular flexibility index (Phi) is 5.39. The molecule has 1 aromatic heterocycles. The van der Waals surface area contributed by atoms with Crippen molar-refractivity contribution in [2.75, 3.05) is 5.75 Å². The van der Waals surface area contributed by atoms with Gasteiger partial charge in [-0.1, -0.05) is 13.8 Å². The Bertz CT molecular complexity index is 331. The smallest absolute Gasteiger partial charge is 0.0628 e. The second-order valence-corrected chi connectivity index (χ2v) is 5.08. The molecule has 0 radical (unpaired) electrons. The van der Waals surface area contributed by atoms with Gasteiger partial charge in [-0.25, -0.2) is 0 Å². The van der Waals surface area contributed by atoms with Crippen LogP contribution in [0.5, 0.6) is 0 Å². The van der Waals surface area contributed by atoms with Crippen molar-refractivity contribution in [3.05, 3.63) is 17.0 Å². The molecule has 0 amide bonds. The molecule has 0 N–H and O–H groups in total. The molecule has 16 heavy (non-hydrogen) atoms. The zero-order valence-corrected chi connectivity index (χ0v) is 11.8. The topological polar surface area (TPSA) is 17.8 Å². The Balaban J connectivity index is 2.61. The van der Waals surface area contributed by atoms with Crippen LogP contribution in [-0.4, -0.2) is 15.5 Å². The molecular formula is C13H24N2S. The van der Waals surface area contributed by atoms with Crippen LogP contribution in [0.15, 0.2) is 0 Å². The predicted octanol–water partition coefficient (Wildman–Crippen LogP) is 3.41. The summed E-state index contributed by atoms with van der Waals surface area (Å²) in [5.74, 6) is 1.73. The standard InChI is InChI=1S/C13H24N2S/c1-5-13-11(3)14-15(12(13)4)8-6-10(2)7-9-16/h10,16H,5-9H2,1-4H3. The summed E-state index contributed by atoms with van der Waals surface area (Å²) in [5, 5.41) is 4.61. The van der Waals surface area contributed by atoms with Gasteiger partial charge in [-0.15, -0.1) is 0 Å². The highest BCUT2D eigenvalue weighted by Crippen LogP contribution is 2.16.